The zero-order valence-electron chi connectivity index (χ0n) is 8.07. The predicted molar refractivity (Wildman–Crippen MR) is 48.7 cm³/mol. The average molecular weight is 274 g/mol. The molecule has 8 nitrogen and oxygen atoms in total. The second-order valence-electron chi connectivity index (χ2n) is 3.40. The van der Waals surface area contributed by atoms with Crippen LogP contribution >= 0.6 is 0 Å². The lowest BCUT2D eigenvalue weighted by Gasteiger charge is -2.07. The van der Waals surface area contributed by atoms with E-state index in [-0.39, 0.29) is 13.2 Å². The lowest BCUT2D eigenvalue weighted by molar-refractivity contribution is 0.170. The van der Waals surface area contributed by atoms with Gasteiger partial charge in [0.2, 0.25) is 0 Å². The van der Waals surface area contributed by atoms with Gasteiger partial charge in [0.1, 0.15) is 12.2 Å². The molecule has 0 N–H and O–H groups in total. The van der Waals surface area contributed by atoms with Crippen LogP contribution in [-0.2, 0) is 37.5 Å². The maximum Gasteiger partial charge on any atom is 0.400 e. The van der Waals surface area contributed by atoms with E-state index in [2.05, 4.69) is 16.7 Å². The number of hydrogen-bond acceptors (Lipinski definition) is 8. The van der Waals surface area contributed by atoms with Crippen molar-refractivity contribution in [2.24, 2.45) is 0 Å². The summed E-state index contributed by atoms with van der Waals surface area (Å²) in [6.07, 6.45) is -0.528. The van der Waals surface area contributed by atoms with Gasteiger partial charge in [0.15, 0.2) is 0 Å². The summed E-state index contributed by atoms with van der Waals surface area (Å²) in [5.74, 6) is 0. The van der Waals surface area contributed by atoms with Crippen LogP contribution in [0.4, 0.5) is 0 Å². The van der Waals surface area contributed by atoms with Crippen molar-refractivity contribution in [1.29, 1.82) is 0 Å². The Bertz CT molecular complexity index is 407. The van der Waals surface area contributed by atoms with Gasteiger partial charge >= 0.3 is 20.8 Å². The van der Waals surface area contributed by atoms with Gasteiger partial charge in [0.05, 0.1) is 13.2 Å². The Morgan fingerprint density at radius 1 is 0.812 bits per heavy atom. The fourth-order valence-corrected chi connectivity index (χ4v) is 3.12. The van der Waals surface area contributed by atoms with Crippen LogP contribution < -0.4 is 0 Å². The molecule has 0 amide bonds. The van der Waals surface area contributed by atoms with Gasteiger partial charge in [-0.15, -0.1) is 0 Å². The highest BCUT2D eigenvalue weighted by Gasteiger charge is 2.34. The number of hydrogen-bond donors (Lipinski definition) is 0. The summed E-state index contributed by atoms with van der Waals surface area (Å²) in [6, 6.07) is 0. The summed E-state index contributed by atoms with van der Waals surface area (Å²) >= 11 is 0. The van der Waals surface area contributed by atoms with Crippen molar-refractivity contribution in [3.63, 3.8) is 0 Å². The van der Waals surface area contributed by atoms with E-state index >= 15 is 0 Å². The van der Waals surface area contributed by atoms with Crippen molar-refractivity contribution >= 4 is 20.8 Å². The lowest BCUT2D eigenvalue weighted by atomic mass is 10.1. The van der Waals surface area contributed by atoms with Crippen molar-refractivity contribution in [3.8, 4) is 0 Å². The van der Waals surface area contributed by atoms with E-state index in [4.69, 9.17) is 0 Å². The third kappa shape index (κ3) is 3.12. The van der Waals surface area contributed by atoms with E-state index in [1.54, 1.807) is 0 Å². The SMILES string of the molecule is O=S1(=O)OCC(CCC2COS(=O)(=O)O2)O1. The van der Waals surface area contributed by atoms with E-state index < -0.39 is 33.0 Å². The lowest BCUT2D eigenvalue weighted by Crippen LogP contribution is -2.16. The first kappa shape index (κ1) is 12.2. The standard InChI is InChI=1S/C6H10O8S2/c7-15(8)11-3-5(13-15)1-2-6-4-12-16(9,10)14-6/h5-6H,1-4H2. The first-order valence-corrected chi connectivity index (χ1v) is 7.18. The van der Waals surface area contributed by atoms with Crippen LogP contribution in [0.2, 0.25) is 0 Å². The normalized spacial score (nSPS) is 36.5. The molecule has 0 saturated carbocycles. The van der Waals surface area contributed by atoms with Crippen LogP contribution in [0.1, 0.15) is 12.8 Å². The second kappa shape index (κ2) is 4.20. The Morgan fingerprint density at radius 3 is 1.44 bits per heavy atom. The molecule has 2 heterocycles. The smallest absolute Gasteiger partial charge is 0.245 e. The van der Waals surface area contributed by atoms with Crippen molar-refractivity contribution in [1.82, 2.24) is 0 Å². The predicted octanol–water partition coefficient (Wildman–Crippen LogP) is -0.913. The molecule has 0 radical (unpaired) electrons. The Kier molecular flexibility index (Phi) is 3.20. The van der Waals surface area contributed by atoms with E-state index in [0.717, 1.165) is 0 Å². The third-order valence-electron chi connectivity index (χ3n) is 2.12. The minimum Gasteiger partial charge on any atom is -0.245 e. The highest BCUT2D eigenvalue weighted by Crippen LogP contribution is 2.22. The largest absolute Gasteiger partial charge is 0.400 e. The molecule has 2 aliphatic heterocycles. The molecule has 2 fully saturated rings. The van der Waals surface area contributed by atoms with E-state index in [1.807, 2.05) is 0 Å². The van der Waals surface area contributed by atoms with Crippen molar-refractivity contribution in [3.05, 3.63) is 0 Å². The average Bonchev–Trinajstić information content (AvgIpc) is 2.66. The zero-order valence-corrected chi connectivity index (χ0v) is 9.70. The van der Waals surface area contributed by atoms with Gasteiger partial charge in [0, 0.05) is 0 Å². The van der Waals surface area contributed by atoms with Crippen LogP contribution in [0.3, 0.4) is 0 Å². The minimum atomic E-state index is -3.85. The molecule has 2 unspecified atom stereocenters. The number of rotatable bonds is 3. The molecule has 94 valence electrons. The molecule has 16 heavy (non-hydrogen) atoms. The molecule has 2 rings (SSSR count). The molecular formula is C6H10O8S2. The monoisotopic (exact) mass is 274 g/mol. The molecule has 0 aliphatic carbocycles. The fraction of sp³-hybridized carbons (Fsp3) is 1.00. The first-order valence-electron chi connectivity index (χ1n) is 4.52. The summed E-state index contributed by atoms with van der Waals surface area (Å²) in [4.78, 5) is 0. The molecule has 2 saturated heterocycles. The van der Waals surface area contributed by atoms with Gasteiger partial charge in [-0.1, -0.05) is 0 Å². The third-order valence-corrected chi connectivity index (χ3v) is 3.98. The summed E-state index contributed by atoms with van der Waals surface area (Å²) < 4.78 is 60.8. The Labute approximate surface area is 93.1 Å². The topological polar surface area (TPSA) is 105 Å². The van der Waals surface area contributed by atoms with Crippen molar-refractivity contribution in [2.75, 3.05) is 13.2 Å². The first-order chi connectivity index (χ1) is 7.36. The van der Waals surface area contributed by atoms with Crippen LogP contribution in [0.25, 0.3) is 0 Å². The van der Waals surface area contributed by atoms with Crippen LogP contribution in [0.5, 0.6) is 0 Å². The molecule has 0 aromatic rings. The van der Waals surface area contributed by atoms with Gasteiger partial charge in [0.25, 0.3) is 0 Å². The second-order valence-corrected chi connectivity index (χ2v) is 5.89. The molecule has 0 aromatic heterocycles. The van der Waals surface area contributed by atoms with Crippen molar-refractivity contribution in [2.45, 2.75) is 25.0 Å². The maximum absolute atomic E-state index is 10.7. The Morgan fingerprint density at radius 2 is 1.19 bits per heavy atom. The minimum absolute atomic E-state index is 0.0529. The Balaban J connectivity index is 1.77. The van der Waals surface area contributed by atoms with Gasteiger partial charge < -0.3 is 0 Å². The summed E-state index contributed by atoms with van der Waals surface area (Å²) in [5.41, 5.74) is 0. The molecular weight excluding hydrogens is 264 g/mol. The summed E-state index contributed by atoms with van der Waals surface area (Å²) in [7, 11) is -7.71. The molecule has 10 heteroatoms. The van der Waals surface area contributed by atoms with E-state index in [9.17, 15) is 16.8 Å². The van der Waals surface area contributed by atoms with E-state index in [1.165, 1.54) is 0 Å². The molecule has 2 aliphatic rings. The highest BCUT2D eigenvalue weighted by atomic mass is 32.3. The quantitative estimate of drug-likeness (QED) is 0.651. The van der Waals surface area contributed by atoms with Gasteiger partial charge in [-0.05, 0) is 12.8 Å². The van der Waals surface area contributed by atoms with Gasteiger partial charge in [-0.3, -0.25) is 0 Å². The Hall–Kier alpha value is -0.260. The fourth-order valence-electron chi connectivity index (χ4n) is 1.40. The van der Waals surface area contributed by atoms with Gasteiger partial charge in [-0.25, -0.2) is 16.7 Å². The van der Waals surface area contributed by atoms with Crippen LogP contribution in [0.15, 0.2) is 0 Å². The highest BCUT2D eigenvalue weighted by molar-refractivity contribution is 7.82. The van der Waals surface area contributed by atoms with Crippen LogP contribution in [-0.4, -0.2) is 42.3 Å². The molecule has 0 bridgehead atoms. The van der Waals surface area contributed by atoms with Crippen LogP contribution in [0, 0.1) is 0 Å². The van der Waals surface area contributed by atoms with Crippen molar-refractivity contribution < 1.29 is 33.6 Å². The molecule has 0 aromatic carbocycles. The zero-order chi connectivity index (χ0) is 11.8. The maximum atomic E-state index is 10.7. The molecule has 2 atom stereocenters. The van der Waals surface area contributed by atoms with E-state index in [0.29, 0.717) is 12.8 Å². The summed E-state index contributed by atoms with van der Waals surface area (Å²) in [6.45, 7) is -0.106. The van der Waals surface area contributed by atoms with Gasteiger partial charge in [-0.2, -0.15) is 16.8 Å². The summed E-state index contributed by atoms with van der Waals surface area (Å²) in [5, 5.41) is 0. The molecule has 0 spiro atoms.